The fraction of sp³-hybridized carbons (Fsp3) is 0.333. The van der Waals surface area contributed by atoms with Crippen LogP contribution in [-0.2, 0) is 6.18 Å². The summed E-state index contributed by atoms with van der Waals surface area (Å²) in [5.74, 6) is -0.0635. The molecule has 15 heteroatoms. The molecule has 0 aliphatic carbocycles. The molecule has 1 saturated heterocycles. The minimum atomic E-state index is -4.61. The lowest BCUT2D eigenvalue weighted by Crippen LogP contribution is -2.27. The Labute approximate surface area is 206 Å². The summed E-state index contributed by atoms with van der Waals surface area (Å²) in [5.41, 5.74) is -0.126. The highest BCUT2D eigenvalue weighted by atomic mass is 32.1. The van der Waals surface area contributed by atoms with Gasteiger partial charge in [-0.2, -0.15) is 17.5 Å². The summed E-state index contributed by atoms with van der Waals surface area (Å²) in [7, 11) is 0. The van der Waals surface area contributed by atoms with Crippen LogP contribution < -0.4 is 15.4 Å². The molecule has 1 unspecified atom stereocenters. The number of rotatable bonds is 7. The molecule has 3 aromatic rings. The van der Waals surface area contributed by atoms with Crippen LogP contribution in [0, 0.1) is 12.8 Å². The molecule has 2 amide bonds. The van der Waals surface area contributed by atoms with Gasteiger partial charge in [0.25, 0.3) is 5.91 Å². The van der Waals surface area contributed by atoms with E-state index in [1.54, 1.807) is 19.1 Å². The summed E-state index contributed by atoms with van der Waals surface area (Å²) < 4.78 is 47.8. The van der Waals surface area contributed by atoms with Gasteiger partial charge in [-0.05, 0) is 30.9 Å². The number of aryl methyl sites for hydroxylation is 1. The van der Waals surface area contributed by atoms with Crippen molar-refractivity contribution < 1.29 is 32.6 Å². The van der Waals surface area contributed by atoms with Crippen molar-refractivity contribution in [1.29, 1.82) is 0 Å². The SMILES string of the molecule is Cc1nsc(Nc2cnc(C(F)(F)F)cn2)c1C(=O)Nc1ccc(OCC2CCN(C(=O)O)C2)nc1. The van der Waals surface area contributed by atoms with Crippen LogP contribution in [0.5, 0.6) is 5.88 Å². The molecule has 4 rings (SSSR count). The fourth-order valence-corrected chi connectivity index (χ4v) is 4.26. The van der Waals surface area contributed by atoms with Gasteiger partial charge in [-0.25, -0.2) is 19.7 Å². The predicted octanol–water partition coefficient (Wildman–Crippen LogP) is 4.03. The maximum Gasteiger partial charge on any atom is 0.434 e. The van der Waals surface area contributed by atoms with E-state index in [0.29, 0.717) is 54.6 Å². The van der Waals surface area contributed by atoms with Crippen LogP contribution >= 0.6 is 11.5 Å². The molecule has 1 aliphatic rings. The van der Waals surface area contributed by atoms with Crippen molar-refractivity contribution in [3.05, 3.63) is 47.7 Å². The van der Waals surface area contributed by atoms with Crippen molar-refractivity contribution in [1.82, 2.24) is 24.2 Å². The first-order chi connectivity index (χ1) is 17.1. The second-order valence-corrected chi connectivity index (χ2v) is 8.69. The minimum Gasteiger partial charge on any atom is -0.477 e. The van der Waals surface area contributed by atoms with Crippen LogP contribution in [0.15, 0.2) is 30.7 Å². The van der Waals surface area contributed by atoms with E-state index in [9.17, 15) is 22.8 Å². The number of likely N-dealkylation sites (tertiary alicyclic amines) is 1. The second kappa shape index (κ2) is 10.3. The lowest BCUT2D eigenvalue weighted by Gasteiger charge is -2.13. The van der Waals surface area contributed by atoms with E-state index >= 15 is 0 Å². The van der Waals surface area contributed by atoms with Gasteiger partial charge in [0.15, 0.2) is 5.69 Å². The van der Waals surface area contributed by atoms with E-state index in [2.05, 4.69) is 30.0 Å². The average molecular weight is 523 g/mol. The summed E-state index contributed by atoms with van der Waals surface area (Å²) in [5, 5.41) is 14.8. The highest BCUT2D eigenvalue weighted by Crippen LogP contribution is 2.30. The van der Waals surface area contributed by atoms with E-state index in [4.69, 9.17) is 9.84 Å². The van der Waals surface area contributed by atoms with Gasteiger partial charge in [0.05, 0.1) is 42.1 Å². The lowest BCUT2D eigenvalue weighted by atomic mass is 10.1. The summed E-state index contributed by atoms with van der Waals surface area (Å²) in [4.78, 5) is 36.4. The third-order valence-corrected chi connectivity index (χ3v) is 6.15. The first-order valence-corrected chi connectivity index (χ1v) is 11.4. The summed E-state index contributed by atoms with van der Waals surface area (Å²) in [6.07, 6.45) is -1.91. The van der Waals surface area contributed by atoms with Crippen LogP contribution in [0.1, 0.15) is 28.2 Å². The predicted molar refractivity (Wildman–Crippen MR) is 123 cm³/mol. The molecule has 3 aromatic heterocycles. The van der Waals surface area contributed by atoms with Crippen LogP contribution in [0.3, 0.4) is 0 Å². The molecule has 0 spiro atoms. The zero-order valence-corrected chi connectivity index (χ0v) is 19.6. The van der Waals surface area contributed by atoms with Gasteiger partial charge in [0.1, 0.15) is 10.8 Å². The molecule has 0 radical (unpaired) electrons. The molecular weight excluding hydrogens is 503 g/mol. The number of anilines is 3. The number of nitrogens with one attached hydrogen (secondary N) is 2. The number of nitrogens with zero attached hydrogens (tertiary/aromatic N) is 5. The Morgan fingerprint density at radius 2 is 2.03 bits per heavy atom. The van der Waals surface area contributed by atoms with Crippen molar-refractivity contribution in [2.75, 3.05) is 30.3 Å². The number of carbonyl (C=O) groups excluding carboxylic acids is 1. The van der Waals surface area contributed by atoms with Crippen molar-refractivity contribution in [2.45, 2.75) is 19.5 Å². The van der Waals surface area contributed by atoms with Crippen LogP contribution in [0.2, 0.25) is 0 Å². The Balaban J connectivity index is 1.35. The number of ether oxygens (including phenoxy) is 1. The number of carboxylic acid groups (broad SMARTS) is 1. The molecule has 1 aliphatic heterocycles. The highest BCUT2D eigenvalue weighted by molar-refractivity contribution is 7.10. The molecule has 11 nitrogen and oxygen atoms in total. The van der Waals surface area contributed by atoms with Gasteiger partial charge in [-0.1, -0.05) is 0 Å². The number of amides is 2. The molecule has 190 valence electrons. The molecule has 36 heavy (non-hydrogen) atoms. The maximum atomic E-state index is 12.9. The average Bonchev–Trinajstić information content (AvgIpc) is 3.45. The largest absolute Gasteiger partial charge is 0.477 e. The number of hydrogen-bond donors (Lipinski definition) is 3. The third kappa shape index (κ3) is 5.97. The molecule has 0 saturated carbocycles. The molecule has 0 aromatic carbocycles. The highest BCUT2D eigenvalue weighted by Gasteiger charge is 2.33. The molecular formula is C21H20F3N7O4S. The maximum absolute atomic E-state index is 12.9. The monoisotopic (exact) mass is 523 g/mol. The zero-order chi connectivity index (χ0) is 25.9. The Bertz CT molecular complexity index is 1240. The normalized spacial score (nSPS) is 15.6. The van der Waals surface area contributed by atoms with Crippen molar-refractivity contribution in [3.63, 3.8) is 0 Å². The lowest BCUT2D eigenvalue weighted by molar-refractivity contribution is -0.141. The molecule has 3 N–H and O–H groups in total. The quantitative estimate of drug-likeness (QED) is 0.418. The molecule has 0 bridgehead atoms. The first kappa shape index (κ1) is 25.1. The number of hydrogen-bond acceptors (Lipinski definition) is 9. The summed E-state index contributed by atoms with van der Waals surface area (Å²) in [6, 6.07) is 3.18. The van der Waals surface area contributed by atoms with Gasteiger partial charge < -0.3 is 25.4 Å². The number of halogens is 3. The number of carbonyl (C=O) groups is 2. The van der Waals surface area contributed by atoms with E-state index < -0.39 is 23.9 Å². The summed E-state index contributed by atoms with van der Waals surface area (Å²) in [6.45, 7) is 2.83. The fourth-order valence-electron chi connectivity index (χ4n) is 3.46. The van der Waals surface area contributed by atoms with Gasteiger partial charge >= 0.3 is 12.3 Å². The Hall–Kier alpha value is -4.01. The Morgan fingerprint density at radius 3 is 2.64 bits per heavy atom. The first-order valence-electron chi connectivity index (χ1n) is 10.6. The van der Waals surface area contributed by atoms with Crippen molar-refractivity contribution >= 4 is 40.0 Å². The van der Waals surface area contributed by atoms with E-state index in [0.717, 1.165) is 17.7 Å². The van der Waals surface area contributed by atoms with Crippen molar-refractivity contribution in [2.24, 2.45) is 5.92 Å². The van der Waals surface area contributed by atoms with Crippen LogP contribution in [0.25, 0.3) is 0 Å². The smallest absolute Gasteiger partial charge is 0.434 e. The molecule has 1 fully saturated rings. The topological polar surface area (TPSA) is 142 Å². The van der Waals surface area contributed by atoms with Crippen molar-refractivity contribution in [3.8, 4) is 5.88 Å². The Kier molecular flexibility index (Phi) is 7.19. The minimum absolute atomic E-state index is 0.0256. The zero-order valence-electron chi connectivity index (χ0n) is 18.7. The number of alkyl halides is 3. The van der Waals surface area contributed by atoms with Gasteiger partial charge in [-0.3, -0.25) is 4.79 Å². The van der Waals surface area contributed by atoms with Gasteiger partial charge in [0.2, 0.25) is 5.88 Å². The number of aromatic nitrogens is 4. The third-order valence-electron chi connectivity index (χ3n) is 5.29. The van der Waals surface area contributed by atoms with E-state index in [1.165, 1.54) is 11.1 Å². The van der Waals surface area contributed by atoms with Gasteiger partial charge in [-0.15, -0.1) is 0 Å². The van der Waals surface area contributed by atoms with E-state index in [-0.39, 0.29) is 17.3 Å². The second-order valence-electron chi connectivity index (χ2n) is 7.92. The van der Waals surface area contributed by atoms with Crippen LogP contribution in [-0.4, -0.2) is 61.0 Å². The van der Waals surface area contributed by atoms with E-state index in [1.807, 2.05) is 0 Å². The summed E-state index contributed by atoms with van der Waals surface area (Å²) >= 11 is 0.955. The molecule has 1 atom stereocenters. The standard InChI is InChI=1S/C21H20F3N7O4S/c1-11-17(19(36-30-11)29-15-8-25-14(7-26-15)21(22,23)24)18(32)28-13-2-3-16(27-6-13)35-10-12-4-5-31(9-12)20(33)34/h2-3,6-8,12H,4-5,9-10H2,1H3,(H,26,29)(H,28,32)(H,33,34). The Morgan fingerprint density at radius 1 is 1.22 bits per heavy atom. The molecule has 4 heterocycles. The van der Waals surface area contributed by atoms with Gasteiger partial charge in [0, 0.05) is 25.1 Å². The number of pyridine rings is 1. The van der Waals surface area contributed by atoms with Crippen LogP contribution in [0.4, 0.5) is 34.5 Å².